The Morgan fingerprint density at radius 1 is 1.02 bits per heavy atom. The van der Waals surface area contributed by atoms with Crippen LogP contribution in [0.1, 0.15) is 29.7 Å². The molecule has 1 aromatic heterocycles. The van der Waals surface area contributed by atoms with Crippen molar-refractivity contribution in [1.29, 1.82) is 0 Å². The number of nitrogens with one attached hydrogen (secondary N) is 1. The summed E-state index contributed by atoms with van der Waals surface area (Å²) in [5.74, 6) is 0.750. The Hall–Kier alpha value is -4.35. The quantitative estimate of drug-likeness (QED) is 0.301. The molecule has 0 bridgehead atoms. The van der Waals surface area contributed by atoms with Gasteiger partial charge in [-0.1, -0.05) is 51.5 Å². The zero-order valence-corrected chi connectivity index (χ0v) is 25.9. The van der Waals surface area contributed by atoms with Crippen molar-refractivity contribution < 1.29 is 24.1 Å². The number of halogens is 1. The number of carbonyl (C=O) groups excluding carboxylic acids is 1. The minimum Gasteiger partial charge on any atom is -0.504 e. The highest BCUT2D eigenvalue weighted by Crippen LogP contribution is 2.37. The molecule has 216 valence electrons. The van der Waals surface area contributed by atoms with Gasteiger partial charge in [-0.25, -0.2) is 4.99 Å². The predicted molar refractivity (Wildman–Crippen MR) is 165 cm³/mol. The lowest BCUT2D eigenvalue weighted by atomic mass is 9.94. The number of phenols is 1. The molecule has 1 amide bonds. The Bertz CT molecular complexity index is 1930. The number of para-hydroxylation sites is 1. The van der Waals surface area contributed by atoms with Gasteiger partial charge in [-0.2, -0.15) is 0 Å². The van der Waals surface area contributed by atoms with Crippen LogP contribution in [-0.2, 0) is 4.79 Å². The van der Waals surface area contributed by atoms with Crippen LogP contribution in [-0.4, -0.2) is 36.9 Å². The van der Waals surface area contributed by atoms with Crippen molar-refractivity contribution in [2.45, 2.75) is 19.9 Å². The number of benzene rings is 3. The molecule has 1 aliphatic rings. The fraction of sp³-hybridized carbons (Fsp3) is 0.194. The molecular weight excluding hydrogens is 622 g/mol. The number of allylic oxidation sites excluding steroid dienone is 1. The summed E-state index contributed by atoms with van der Waals surface area (Å²) in [5.41, 5.74) is 3.00. The van der Waals surface area contributed by atoms with Crippen molar-refractivity contribution in [2.75, 3.05) is 26.6 Å². The number of anilines is 1. The van der Waals surface area contributed by atoms with Gasteiger partial charge in [0.15, 0.2) is 27.8 Å². The maximum Gasteiger partial charge on any atom is 0.271 e. The molecule has 2 heterocycles. The standard InChI is InChI=1S/C31H28BrN3O6S/c1-16-8-6-7-9-21(16)34-29(37)26-17(2)33-31-35(27(26)18-10-11-22(39-3)23(13-18)40-4)30(38)25(42-31)14-19-12-20(32)15-24(41-5)28(19)36/h6-15,27,36H,1-5H3,(H,34,37)/b25-14-/t27-/m1/s1. The van der Waals surface area contributed by atoms with E-state index in [4.69, 9.17) is 14.2 Å². The summed E-state index contributed by atoms with van der Waals surface area (Å²) in [6.07, 6.45) is 1.59. The molecule has 0 radical (unpaired) electrons. The third-order valence-corrected chi connectivity index (χ3v) is 8.40. The third-order valence-electron chi connectivity index (χ3n) is 6.96. The van der Waals surface area contributed by atoms with Crippen LogP contribution >= 0.6 is 27.3 Å². The highest BCUT2D eigenvalue weighted by Gasteiger charge is 2.33. The number of hydrogen-bond donors (Lipinski definition) is 2. The fourth-order valence-corrected chi connectivity index (χ4v) is 6.35. The van der Waals surface area contributed by atoms with Crippen LogP contribution in [0.15, 0.2) is 80.1 Å². The smallest absolute Gasteiger partial charge is 0.271 e. The van der Waals surface area contributed by atoms with Crippen LogP contribution in [0.2, 0.25) is 0 Å². The van der Waals surface area contributed by atoms with Gasteiger partial charge in [0.1, 0.15) is 0 Å². The van der Waals surface area contributed by atoms with Gasteiger partial charge in [0, 0.05) is 15.7 Å². The minimum atomic E-state index is -0.821. The number of rotatable bonds is 7. The summed E-state index contributed by atoms with van der Waals surface area (Å²) in [4.78, 5) is 33.1. The average Bonchev–Trinajstić information content (AvgIpc) is 3.28. The normalized spacial score (nSPS) is 14.7. The zero-order chi connectivity index (χ0) is 30.1. The molecule has 0 spiro atoms. The number of nitrogens with zero attached hydrogens (tertiary/aromatic N) is 2. The van der Waals surface area contributed by atoms with E-state index in [9.17, 15) is 14.7 Å². The Kier molecular flexibility index (Phi) is 8.24. The Balaban J connectivity index is 1.73. The van der Waals surface area contributed by atoms with Gasteiger partial charge in [-0.15, -0.1) is 0 Å². The summed E-state index contributed by atoms with van der Waals surface area (Å²) < 4.78 is 18.7. The van der Waals surface area contributed by atoms with Gasteiger partial charge >= 0.3 is 0 Å². The number of aromatic nitrogens is 1. The van der Waals surface area contributed by atoms with Gasteiger partial charge in [0.05, 0.1) is 43.2 Å². The number of thiazole rings is 1. The van der Waals surface area contributed by atoms with E-state index in [1.54, 1.807) is 43.3 Å². The van der Waals surface area contributed by atoms with Crippen molar-refractivity contribution in [3.05, 3.63) is 107 Å². The topological polar surface area (TPSA) is 111 Å². The number of fused-ring (bicyclic) bond motifs is 1. The largest absolute Gasteiger partial charge is 0.504 e. The molecular formula is C31H28BrN3O6S. The first-order valence-electron chi connectivity index (χ1n) is 12.8. The Labute approximate surface area is 254 Å². The first kappa shape index (κ1) is 29.2. The van der Waals surface area contributed by atoms with Gasteiger partial charge < -0.3 is 24.6 Å². The molecule has 0 unspecified atom stereocenters. The molecule has 11 heteroatoms. The lowest BCUT2D eigenvalue weighted by Gasteiger charge is -2.26. The van der Waals surface area contributed by atoms with Gasteiger partial charge in [-0.3, -0.25) is 14.2 Å². The van der Waals surface area contributed by atoms with Crippen LogP contribution in [0.3, 0.4) is 0 Å². The molecule has 0 saturated heterocycles. The second kappa shape index (κ2) is 11.9. The van der Waals surface area contributed by atoms with E-state index in [-0.39, 0.29) is 23.0 Å². The van der Waals surface area contributed by atoms with Crippen LogP contribution in [0.5, 0.6) is 23.0 Å². The molecule has 0 saturated carbocycles. The molecule has 1 aliphatic heterocycles. The summed E-state index contributed by atoms with van der Waals surface area (Å²) in [5, 5.41) is 13.7. The van der Waals surface area contributed by atoms with E-state index in [0.29, 0.717) is 53.4 Å². The lowest BCUT2D eigenvalue weighted by Crippen LogP contribution is -2.40. The first-order chi connectivity index (χ1) is 20.2. The van der Waals surface area contributed by atoms with Crippen LogP contribution < -0.4 is 34.4 Å². The van der Waals surface area contributed by atoms with Gasteiger partial charge in [-0.05, 0) is 61.4 Å². The molecule has 0 fully saturated rings. The van der Waals surface area contributed by atoms with E-state index < -0.39 is 6.04 Å². The number of methoxy groups -OCH3 is 3. The molecule has 9 nitrogen and oxygen atoms in total. The summed E-state index contributed by atoms with van der Waals surface area (Å²) in [6, 6.07) is 15.3. The van der Waals surface area contributed by atoms with Gasteiger partial charge in [0.25, 0.3) is 11.5 Å². The Morgan fingerprint density at radius 3 is 2.43 bits per heavy atom. The Morgan fingerprint density at radius 2 is 1.74 bits per heavy atom. The second-order valence-electron chi connectivity index (χ2n) is 9.51. The minimum absolute atomic E-state index is 0.0996. The SMILES string of the molecule is COc1ccc([C@@H]2C(C(=O)Nc3ccccc3C)=C(C)N=c3s/c(=C\c4cc(Br)cc(OC)c4O)c(=O)n32)cc1OC. The number of phenolic OH excluding ortho intramolecular Hbond substituents is 1. The number of ether oxygens (including phenoxy) is 3. The van der Waals surface area contributed by atoms with E-state index in [1.807, 2.05) is 31.2 Å². The van der Waals surface area contributed by atoms with Crippen molar-refractivity contribution in [3.8, 4) is 23.0 Å². The number of aromatic hydroxyl groups is 1. The first-order valence-corrected chi connectivity index (χ1v) is 14.5. The van der Waals surface area contributed by atoms with Crippen molar-refractivity contribution >= 4 is 44.9 Å². The molecule has 3 aromatic carbocycles. The zero-order valence-electron chi connectivity index (χ0n) is 23.5. The maximum atomic E-state index is 14.1. The highest BCUT2D eigenvalue weighted by atomic mass is 79.9. The van der Waals surface area contributed by atoms with Crippen LogP contribution in [0.4, 0.5) is 5.69 Å². The summed E-state index contributed by atoms with van der Waals surface area (Å²) in [7, 11) is 4.52. The molecule has 4 aromatic rings. The number of amides is 1. The van der Waals surface area contributed by atoms with Crippen molar-refractivity contribution in [1.82, 2.24) is 4.57 Å². The lowest BCUT2D eigenvalue weighted by molar-refractivity contribution is -0.113. The number of hydrogen-bond acceptors (Lipinski definition) is 8. The maximum absolute atomic E-state index is 14.1. The molecule has 0 aliphatic carbocycles. The summed E-state index contributed by atoms with van der Waals surface area (Å²) in [6.45, 7) is 3.66. The fourth-order valence-electron chi connectivity index (χ4n) is 4.85. The predicted octanol–water partition coefficient (Wildman–Crippen LogP) is 4.68. The van der Waals surface area contributed by atoms with E-state index in [1.165, 1.54) is 25.9 Å². The monoisotopic (exact) mass is 649 g/mol. The van der Waals surface area contributed by atoms with E-state index in [0.717, 1.165) is 16.9 Å². The second-order valence-corrected chi connectivity index (χ2v) is 11.4. The molecule has 42 heavy (non-hydrogen) atoms. The van der Waals surface area contributed by atoms with Crippen molar-refractivity contribution in [2.24, 2.45) is 4.99 Å². The molecule has 1 atom stereocenters. The average molecular weight is 651 g/mol. The number of carbonyl (C=O) groups is 1. The van der Waals surface area contributed by atoms with Crippen LogP contribution in [0.25, 0.3) is 6.08 Å². The van der Waals surface area contributed by atoms with Gasteiger partial charge in [0.2, 0.25) is 0 Å². The van der Waals surface area contributed by atoms with E-state index in [2.05, 4.69) is 26.2 Å². The van der Waals surface area contributed by atoms with Crippen LogP contribution in [0, 0.1) is 6.92 Å². The summed E-state index contributed by atoms with van der Waals surface area (Å²) >= 11 is 4.59. The molecule has 2 N–H and O–H groups in total. The number of aryl methyl sites for hydroxylation is 1. The van der Waals surface area contributed by atoms with E-state index >= 15 is 0 Å². The third kappa shape index (κ3) is 5.33. The highest BCUT2D eigenvalue weighted by molar-refractivity contribution is 9.10. The van der Waals surface area contributed by atoms with Crippen molar-refractivity contribution in [3.63, 3.8) is 0 Å². The molecule has 5 rings (SSSR count).